The zero-order chi connectivity index (χ0) is 21.6. The predicted molar refractivity (Wildman–Crippen MR) is 118 cm³/mol. The topological polar surface area (TPSA) is 85.9 Å². The maximum absolute atomic E-state index is 12.2. The van der Waals surface area contributed by atoms with Crippen molar-refractivity contribution >= 4 is 33.4 Å². The molecule has 0 unspecified atom stereocenters. The van der Waals surface area contributed by atoms with Gasteiger partial charge in [0.1, 0.15) is 12.4 Å². The summed E-state index contributed by atoms with van der Waals surface area (Å²) in [7, 11) is 0. The van der Waals surface area contributed by atoms with Crippen LogP contribution in [0.25, 0.3) is 0 Å². The Morgan fingerprint density at radius 1 is 0.968 bits per heavy atom. The third-order valence-corrected chi connectivity index (χ3v) is 4.95. The monoisotopic (exact) mass is 482 g/mol. The molecule has 0 radical (unpaired) electrons. The molecule has 0 spiro atoms. The standard InChI is InChI=1S/C23H19BrN2O5/c24-17-5-2-4-16(10-17)23(28)25-12-22(27)26-18-6-1-3-15(9-18)13-29-19-7-8-20-21(11-19)31-14-30-20/h1-11H,12-14H2,(H,25,28)(H,26,27). The Morgan fingerprint density at radius 3 is 2.68 bits per heavy atom. The van der Waals surface area contributed by atoms with Gasteiger partial charge in [0.05, 0.1) is 6.54 Å². The second-order valence-electron chi connectivity index (χ2n) is 6.75. The molecule has 1 aliphatic rings. The smallest absolute Gasteiger partial charge is 0.251 e. The van der Waals surface area contributed by atoms with Gasteiger partial charge in [0.25, 0.3) is 5.91 Å². The third-order valence-electron chi connectivity index (χ3n) is 4.46. The van der Waals surface area contributed by atoms with Crippen LogP contribution in [0.3, 0.4) is 0 Å². The second-order valence-corrected chi connectivity index (χ2v) is 7.66. The average molecular weight is 483 g/mol. The van der Waals surface area contributed by atoms with E-state index in [1.165, 1.54) is 0 Å². The van der Waals surface area contributed by atoms with E-state index in [2.05, 4.69) is 26.6 Å². The molecule has 1 heterocycles. The van der Waals surface area contributed by atoms with E-state index >= 15 is 0 Å². The lowest BCUT2D eigenvalue weighted by Crippen LogP contribution is -2.32. The van der Waals surface area contributed by atoms with E-state index in [0.29, 0.717) is 35.1 Å². The number of anilines is 1. The molecular weight excluding hydrogens is 464 g/mol. The van der Waals surface area contributed by atoms with Gasteiger partial charge in [0, 0.05) is 21.8 Å². The minimum atomic E-state index is -0.322. The average Bonchev–Trinajstić information content (AvgIpc) is 3.24. The summed E-state index contributed by atoms with van der Waals surface area (Å²) in [6.45, 7) is 0.399. The molecule has 0 bridgehead atoms. The van der Waals surface area contributed by atoms with Gasteiger partial charge in [0.2, 0.25) is 12.7 Å². The van der Waals surface area contributed by atoms with Crippen molar-refractivity contribution in [2.24, 2.45) is 0 Å². The molecule has 31 heavy (non-hydrogen) atoms. The lowest BCUT2D eigenvalue weighted by Gasteiger charge is -2.10. The molecule has 7 nitrogen and oxygen atoms in total. The third kappa shape index (κ3) is 5.55. The lowest BCUT2D eigenvalue weighted by molar-refractivity contribution is -0.115. The Hall–Kier alpha value is -3.52. The van der Waals surface area contributed by atoms with Crippen LogP contribution in [0, 0.1) is 0 Å². The first-order chi connectivity index (χ1) is 15.1. The molecule has 2 N–H and O–H groups in total. The number of nitrogens with one attached hydrogen (secondary N) is 2. The van der Waals surface area contributed by atoms with Crippen molar-refractivity contribution in [3.8, 4) is 17.2 Å². The number of fused-ring (bicyclic) bond motifs is 1. The molecule has 2 amide bonds. The van der Waals surface area contributed by atoms with Gasteiger partial charge in [-0.05, 0) is 48.0 Å². The number of benzene rings is 3. The Labute approximate surface area is 187 Å². The van der Waals surface area contributed by atoms with E-state index in [0.717, 1.165) is 10.0 Å². The van der Waals surface area contributed by atoms with Crippen LogP contribution >= 0.6 is 15.9 Å². The molecule has 0 saturated heterocycles. The van der Waals surface area contributed by atoms with E-state index < -0.39 is 0 Å². The Balaban J connectivity index is 1.28. The van der Waals surface area contributed by atoms with E-state index in [1.807, 2.05) is 30.3 Å². The largest absolute Gasteiger partial charge is 0.489 e. The molecule has 3 aromatic carbocycles. The first-order valence-electron chi connectivity index (χ1n) is 9.52. The van der Waals surface area contributed by atoms with Gasteiger partial charge in [-0.2, -0.15) is 0 Å². The van der Waals surface area contributed by atoms with E-state index in [1.54, 1.807) is 36.4 Å². The molecule has 0 aromatic heterocycles. The van der Waals surface area contributed by atoms with Crippen LogP contribution in [-0.4, -0.2) is 25.2 Å². The zero-order valence-electron chi connectivity index (χ0n) is 16.4. The minimum Gasteiger partial charge on any atom is -0.489 e. The number of amides is 2. The molecule has 0 fully saturated rings. The van der Waals surface area contributed by atoms with Crippen molar-refractivity contribution in [3.63, 3.8) is 0 Å². The number of carbonyl (C=O) groups is 2. The number of ether oxygens (including phenoxy) is 3. The van der Waals surface area contributed by atoms with Crippen LogP contribution in [0.5, 0.6) is 17.2 Å². The van der Waals surface area contributed by atoms with Crippen LogP contribution in [0.15, 0.2) is 71.2 Å². The van der Waals surface area contributed by atoms with Crippen molar-refractivity contribution in [1.29, 1.82) is 0 Å². The molecule has 8 heteroatoms. The van der Waals surface area contributed by atoms with Gasteiger partial charge < -0.3 is 24.8 Å². The summed E-state index contributed by atoms with van der Waals surface area (Å²) in [5.74, 6) is 1.38. The van der Waals surface area contributed by atoms with Crippen LogP contribution in [0.1, 0.15) is 15.9 Å². The Bertz CT molecular complexity index is 1120. The number of hydrogen-bond acceptors (Lipinski definition) is 5. The van der Waals surface area contributed by atoms with Crippen molar-refractivity contribution < 1.29 is 23.8 Å². The lowest BCUT2D eigenvalue weighted by atomic mass is 10.2. The summed E-state index contributed by atoms with van der Waals surface area (Å²) in [5, 5.41) is 5.39. The molecule has 3 aromatic rings. The normalized spacial score (nSPS) is 11.6. The van der Waals surface area contributed by atoms with E-state index in [4.69, 9.17) is 14.2 Å². The van der Waals surface area contributed by atoms with Crippen LogP contribution in [-0.2, 0) is 11.4 Å². The minimum absolute atomic E-state index is 0.136. The number of halogens is 1. The fourth-order valence-electron chi connectivity index (χ4n) is 2.97. The number of carbonyl (C=O) groups excluding carboxylic acids is 2. The molecule has 0 atom stereocenters. The maximum Gasteiger partial charge on any atom is 0.251 e. The first kappa shape index (κ1) is 20.7. The molecule has 0 aliphatic carbocycles. The van der Waals surface area contributed by atoms with E-state index in [-0.39, 0.29) is 25.2 Å². The van der Waals surface area contributed by atoms with Crippen LogP contribution in [0.4, 0.5) is 5.69 Å². The molecular formula is C23H19BrN2O5. The zero-order valence-corrected chi connectivity index (χ0v) is 18.0. The van der Waals surface area contributed by atoms with Crippen molar-refractivity contribution in [1.82, 2.24) is 5.32 Å². The van der Waals surface area contributed by atoms with Crippen molar-refractivity contribution in [3.05, 3.63) is 82.3 Å². The summed E-state index contributed by atoms with van der Waals surface area (Å²) in [5.41, 5.74) is 1.98. The highest BCUT2D eigenvalue weighted by atomic mass is 79.9. The quantitative estimate of drug-likeness (QED) is 0.528. The molecule has 1 aliphatic heterocycles. The van der Waals surface area contributed by atoms with Gasteiger partial charge in [-0.15, -0.1) is 0 Å². The summed E-state index contributed by atoms with van der Waals surface area (Å²) in [6.07, 6.45) is 0. The van der Waals surface area contributed by atoms with Crippen LogP contribution < -0.4 is 24.8 Å². The Kier molecular flexibility index (Phi) is 6.37. The van der Waals surface area contributed by atoms with Gasteiger partial charge in [-0.1, -0.05) is 34.1 Å². The number of hydrogen-bond donors (Lipinski definition) is 2. The van der Waals surface area contributed by atoms with E-state index in [9.17, 15) is 9.59 Å². The highest BCUT2D eigenvalue weighted by Gasteiger charge is 2.14. The fourth-order valence-corrected chi connectivity index (χ4v) is 3.37. The second kappa shape index (κ2) is 9.53. The van der Waals surface area contributed by atoms with Crippen LogP contribution in [0.2, 0.25) is 0 Å². The highest BCUT2D eigenvalue weighted by Crippen LogP contribution is 2.35. The maximum atomic E-state index is 12.2. The number of rotatable bonds is 7. The first-order valence-corrected chi connectivity index (χ1v) is 10.3. The van der Waals surface area contributed by atoms with Crippen molar-refractivity contribution in [2.45, 2.75) is 6.61 Å². The molecule has 0 saturated carbocycles. The SMILES string of the molecule is O=C(CNC(=O)c1cccc(Br)c1)Nc1cccc(COc2ccc3c(c2)OCO3)c1. The summed E-state index contributed by atoms with van der Waals surface area (Å²) >= 11 is 3.32. The van der Waals surface area contributed by atoms with Gasteiger partial charge in [-0.3, -0.25) is 9.59 Å². The Morgan fingerprint density at radius 2 is 1.81 bits per heavy atom. The summed E-state index contributed by atoms with van der Waals surface area (Å²) < 4.78 is 17.2. The van der Waals surface area contributed by atoms with Gasteiger partial charge >= 0.3 is 0 Å². The predicted octanol–water partition coefficient (Wildman–Crippen LogP) is 4.13. The fraction of sp³-hybridized carbons (Fsp3) is 0.130. The summed E-state index contributed by atoms with van der Waals surface area (Å²) in [4.78, 5) is 24.4. The van der Waals surface area contributed by atoms with Gasteiger partial charge in [0.15, 0.2) is 11.5 Å². The highest BCUT2D eigenvalue weighted by molar-refractivity contribution is 9.10. The van der Waals surface area contributed by atoms with Crippen molar-refractivity contribution in [2.75, 3.05) is 18.7 Å². The molecule has 4 rings (SSSR count). The van der Waals surface area contributed by atoms with Gasteiger partial charge in [-0.25, -0.2) is 0 Å². The molecule has 158 valence electrons. The summed E-state index contributed by atoms with van der Waals surface area (Å²) in [6, 6.07) is 19.7.